The van der Waals surface area contributed by atoms with E-state index in [2.05, 4.69) is 4.98 Å². The van der Waals surface area contributed by atoms with Gasteiger partial charge in [-0.3, -0.25) is 4.79 Å². The Kier molecular flexibility index (Phi) is 8.03. The van der Waals surface area contributed by atoms with Crippen molar-refractivity contribution in [3.63, 3.8) is 0 Å². The maximum absolute atomic E-state index is 12.5. The van der Waals surface area contributed by atoms with Crippen molar-refractivity contribution in [2.24, 2.45) is 0 Å². The molecular formula is C22H27NO7. The van der Waals surface area contributed by atoms with Crippen molar-refractivity contribution in [3.8, 4) is 11.5 Å². The number of carbonyl (C=O) groups is 3. The topological polar surface area (TPSA) is 104 Å². The number of hydrogen-bond donors (Lipinski definition) is 1. The number of carbonyl (C=O) groups excluding carboxylic acids is 3. The molecule has 0 unspecified atom stereocenters. The second kappa shape index (κ2) is 10.5. The predicted octanol–water partition coefficient (Wildman–Crippen LogP) is 3.65. The molecule has 162 valence electrons. The van der Waals surface area contributed by atoms with Gasteiger partial charge < -0.3 is 23.9 Å². The highest BCUT2D eigenvalue weighted by Crippen LogP contribution is 2.28. The van der Waals surface area contributed by atoms with Crippen LogP contribution in [0, 0.1) is 13.8 Å². The summed E-state index contributed by atoms with van der Waals surface area (Å²) in [6.45, 7) is 7.29. The third-order valence-electron chi connectivity index (χ3n) is 4.39. The van der Waals surface area contributed by atoms with E-state index < -0.39 is 24.3 Å². The van der Waals surface area contributed by atoms with Crippen molar-refractivity contribution in [3.05, 3.63) is 46.3 Å². The summed E-state index contributed by atoms with van der Waals surface area (Å²) in [5, 5.41) is 0. The van der Waals surface area contributed by atoms with E-state index in [0.717, 1.165) is 6.42 Å². The van der Waals surface area contributed by atoms with Crippen molar-refractivity contribution in [2.45, 2.75) is 34.1 Å². The van der Waals surface area contributed by atoms with Crippen LogP contribution in [0.15, 0.2) is 18.2 Å². The largest absolute Gasteiger partial charge is 0.493 e. The number of hydrogen-bond acceptors (Lipinski definition) is 7. The lowest BCUT2D eigenvalue weighted by molar-refractivity contribution is 0.0472. The van der Waals surface area contributed by atoms with Crippen LogP contribution in [0.25, 0.3) is 0 Å². The average molecular weight is 417 g/mol. The molecule has 1 heterocycles. The normalized spacial score (nSPS) is 10.4. The van der Waals surface area contributed by atoms with Crippen LogP contribution < -0.4 is 9.47 Å². The van der Waals surface area contributed by atoms with Gasteiger partial charge >= 0.3 is 11.9 Å². The second-order valence-corrected chi connectivity index (χ2v) is 6.56. The number of rotatable bonds is 10. The summed E-state index contributed by atoms with van der Waals surface area (Å²) in [5.74, 6) is -0.697. The van der Waals surface area contributed by atoms with Gasteiger partial charge in [-0.2, -0.15) is 0 Å². The molecule has 0 saturated heterocycles. The van der Waals surface area contributed by atoms with E-state index in [1.54, 1.807) is 32.9 Å². The van der Waals surface area contributed by atoms with E-state index in [0.29, 0.717) is 34.9 Å². The van der Waals surface area contributed by atoms with Crippen LogP contribution in [-0.4, -0.2) is 49.6 Å². The van der Waals surface area contributed by atoms with Gasteiger partial charge in [0.05, 0.1) is 37.1 Å². The molecule has 0 aliphatic rings. The van der Waals surface area contributed by atoms with E-state index >= 15 is 0 Å². The van der Waals surface area contributed by atoms with Crippen molar-refractivity contribution in [2.75, 3.05) is 26.9 Å². The number of Topliss-reactive ketones (excluding diaryl/α,β-unsaturated/α-hetero) is 1. The Hall–Kier alpha value is -3.29. The highest BCUT2D eigenvalue weighted by molar-refractivity contribution is 6.03. The zero-order chi connectivity index (χ0) is 22.3. The summed E-state index contributed by atoms with van der Waals surface area (Å²) in [7, 11) is 1.48. The lowest BCUT2D eigenvalue weighted by atomic mass is 10.1. The van der Waals surface area contributed by atoms with Gasteiger partial charge in [0.15, 0.2) is 18.1 Å². The molecule has 8 nitrogen and oxygen atoms in total. The van der Waals surface area contributed by atoms with Crippen LogP contribution in [-0.2, 0) is 9.47 Å². The highest BCUT2D eigenvalue weighted by Gasteiger charge is 2.24. The van der Waals surface area contributed by atoms with Crippen LogP contribution in [0.5, 0.6) is 11.5 Å². The molecule has 0 aliphatic heterocycles. The number of esters is 2. The van der Waals surface area contributed by atoms with E-state index in [4.69, 9.17) is 18.9 Å². The standard InChI is InChI=1S/C22H27NO7/c1-6-10-29-17-9-8-15(11-18(17)27-5)21(25)30-12-16(24)20-13(3)19(14(4)23-20)22(26)28-7-2/h8-9,11,23H,6-7,10,12H2,1-5H3. The van der Waals surface area contributed by atoms with E-state index in [1.807, 2.05) is 6.92 Å². The first-order valence-electron chi connectivity index (χ1n) is 9.71. The molecular weight excluding hydrogens is 390 g/mol. The van der Waals surface area contributed by atoms with Crippen LogP contribution in [0.1, 0.15) is 62.7 Å². The van der Waals surface area contributed by atoms with Gasteiger partial charge in [0.25, 0.3) is 0 Å². The zero-order valence-electron chi connectivity index (χ0n) is 17.9. The number of ether oxygens (including phenoxy) is 4. The minimum Gasteiger partial charge on any atom is -0.493 e. The third kappa shape index (κ3) is 5.20. The molecule has 1 aromatic carbocycles. The molecule has 0 aliphatic carbocycles. The zero-order valence-corrected chi connectivity index (χ0v) is 17.9. The quantitative estimate of drug-likeness (QED) is 0.465. The van der Waals surface area contributed by atoms with Crippen molar-refractivity contribution < 1.29 is 33.3 Å². The molecule has 0 saturated carbocycles. The van der Waals surface area contributed by atoms with Crippen molar-refractivity contribution in [1.82, 2.24) is 4.98 Å². The Morgan fingerprint density at radius 1 is 1.00 bits per heavy atom. The molecule has 0 fully saturated rings. The van der Waals surface area contributed by atoms with E-state index in [9.17, 15) is 14.4 Å². The molecule has 0 bridgehead atoms. The maximum atomic E-state index is 12.5. The molecule has 2 rings (SSSR count). The summed E-state index contributed by atoms with van der Waals surface area (Å²) in [6, 6.07) is 4.67. The van der Waals surface area contributed by atoms with E-state index in [1.165, 1.54) is 13.2 Å². The molecule has 0 spiro atoms. The number of nitrogens with one attached hydrogen (secondary N) is 1. The fourth-order valence-electron chi connectivity index (χ4n) is 2.95. The van der Waals surface area contributed by atoms with Crippen LogP contribution >= 0.6 is 0 Å². The smallest absolute Gasteiger partial charge is 0.340 e. The lowest BCUT2D eigenvalue weighted by Gasteiger charge is -2.11. The van der Waals surface area contributed by atoms with Gasteiger partial charge in [-0.25, -0.2) is 9.59 Å². The number of methoxy groups -OCH3 is 1. The fourth-order valence-corrected chi connectivity index (χ4v) is 2.95. The molecule has 1 N–H and O–H groups in total. The summed E-state index contributed by atoms with van der Waals surface area (Å²) in [6.07, 6.45) is 0.838. The SMILES string of the molecule is CCCOc1ccc(C(=O)OCC(=O)c2[nH]c(C)c(C(=O)OCC)c2C)cc1OC. The van der Waals surface area contributed by atoms with Gasteiger partial charge in [0.2, 0.25) is 5.78 Å². The third-order valence-corrected chi connectivity index (χ3v) is 4.39. The Morgan fingerprint density at radius 2 is 1.73 bits per heavy atom. The number of H-pyrrole nitrogens is 1. The highest BCUT2D eigenvalue weighted by atomic mass is 16.5. The van der Waals surface area contributed by atoms with E-state index in [-0.39, 0.29) is 17.9 Å². The van der Waals surface area contributed by atoms with Gasteiger partial charge in [0.1, 0.15) is 0 Å². The van der Waals surface area contributed by atoms with Crippen LogP contribution in [0.2, 0.25) is 0 Å². The van der Waals surface area contributed by atoms with Crippen molar-refractivity contribution in [1.29, 1.82) is 0 Å². The second-order valence-electron chi connectivity index (χ2n) is 6.56. The molecule has 2 aromatic rings. The van der Waals surface area contributed by atoms with Gasteiger partial charge in [-0.1, -0.05) is 6.92 Å². The molecule has 0 radical (unpaired) electrons. The number of aryl methyl sites for hydroxylation is 1. The Bertz CT molecular complexity index is 930. The fraction of sp³-hybridized carbons (Fsp3) is 0.409. The Balaban J connectivity index is 2.09. The number of aromatic nitrogens is 1. The number of benzene rings is 1. The molecule has 0 amide bonds. The van der Waals surface area contributed by atoms with Crippen molar-refractivity contribution >= 4 is 17.7 Å². The summed E-state index contributed by atoms with van der Waals surface area (Å²) >= 11 is 0. The van der Waals surface area contributed by atoms with Gasteiger partial charge in [-0.15, -0.1) is 0 Å². The monoisotopic (exact) mass is 417 g/mol. The first-order valence-corrected chi connectivity index (χ1v) is 9.71. The summed E-state index contributed by atoms with van der Waals surface area (Å²) < 4.78 is 21.0. The minimum absolute atomic E-state index is 0.212. The number of aromatic amines is 1. The molecule has 0 atom stereocenters. The van der Waals surface area contributed by atoms with Gasteiger partial charge in [0, 0.05) is 5.69 Å². The molecule has 8 heteroatoms. The van der Waals surface area contributed by atoms with Gasteiger partial charge in [-0.05, 0) is 51.0 Å². The summed E-state index contributed by atoms with van der Waals surface area (Å²) in [5.41, 5.74) is 1.75. The lowest BCUT2D eigenvalue weighted by Crippen LogP contribution is -2.16. The first kappa shape index (κ1) is 23.0. The van der Waals surface area contributed by atoms with Crippen LogP contribution in [0.3, 0.4) is 0 Å². The maximum Gasteiger partial charge on any atom is 0.340 e. The molecule has 1 aromatic heterocycles. The molecule has 30 heavy (non-hydrogen) atoms. The predicted molar refractivity (Wildman–Crippen MR) is 110 cm³/mol. The number of ketones is 1. The Morgan fingerprint density at radius 3 is 2.37 bits per heavy atom. The summed E-state index contributed by atoms with van der Waals surface area (Å²) in [4.78, 5) is 39.9. The Labute approximate surface area is 175 Å². The first-order chi connectivity index (χ1) is 14.3. The average Bonchev–Trinajstić information content (AvgIpc) is 3.04. The minimum atomic E-state index is -0.671. The van der Waals surface area contributed by atoms with Crippen LogP contribution in [0.4, 0.5) is 0 Å².